The lowest BCUT2D eigenvalue weighted by atomic mass is 10.1. The van der Waals surface area contributed by atoms with Crippen molar-refractivity contribution in [1.82, 2.24) is 19.4 Å². The van der Waals surface area contributed by atoms with Crippen LogP contribution < -0.4 is 0 Å². The van der Waals surface area contributed by atoms with Gasteiger partial charge in [0, 0.05) is 56.1 Å². The average Bonchev–Trinajstić information content (AvgIpc) is 3.31. The second-order valence-corrected chi connectivity index (χ2v) is 9.03. The number of aromatic nitrogens is 2. The molecule has 34 heavy (non-hydrogen) atoms. The number of ketones is 1. The third kappa shape index (κ3) is 4.37. The minimum absolute atomic E-state index is 0.00110. The lowest BCUT2D eigenvalue weighted by Crippen LogP contribution is -2.47. The van der Waals surface area contributed by atoms with Crippen molar-refractivity contribution in [3.63, 3.8) is 0 Å². The molecule has 0 radical (unpaired) electrons. The van der Waals surface area contributed by atoms with Gasteiger partial charge in [-0.25, -0.2) is 0 Å². The van der Waals surface area contributed by atoms with Crippen LogP contribution in [0.2, 0.25) is 0 Å². The summed E-state index contributed by atoms with van der Waals surface area (Å²) in [6.07, 6.45) is 3.72. The number of hydrogen-bond acceptors (Lipinski definition) is 4. The summed E-state index contributed by atoms with van der Waals surface area (Å²) >= 11 is 0. The van der Waals surface area contributed by atoms with E-state index in [1.54, 1.807) is 0 Å². The third-order valence-electron chi connectivity index (χ3n) is 6.52. The Labute approximate surface area is 199 Å². The van der Waals surface area contributed by atoms with Gasteiger partial charge in [0.1, 0.15) is 0 Å². The van der Waals surface area contributed by atoms with Crippen LogP contribution in [0.25, 0.3) is 10.9 Å². The van der Waals surface area contributed by atoms with Crippen LogP contribution in [-0.2, 0) is 6.54 Å². The van der Waals surface area contributed by atoms with Gasteiger partial charge in [-0.05, 0) is 43.8 Å². The molecule has 0 spiro atoms. The first kappa shape index (κ1) is 22.0. The van der Waals surface area contributed by atoms with Crippen molar-refractivity contribution in [3.8, 4) is 0 Å². The molecule has 1 saturated heterocycles. The van der Waals surface area contributed by atoms with Gasteiger partial charge in [-0.2, -0.15) is 0 Å². The lowest BCUT2D eigenvalue weighted by molar-refractivity contribution is 0.0665. The minimum Gasteiger partial charge on any atom is -0.340 e. The molecule has 6 heteroatoms. The van der Waals surface area contributed by atoms with E-state index in [-0.39, 0.29) is 11.7 Å². The first-order valence-corrected chi connectivity index (χ1v) is 11.6. The zero-order valence-electron chi connectivity index (χ0n) is 19.6. The number of para-hydroxylation sites is 1. The second kappa shape index (κ2) is 9.23. The molecule has 172 valence electrons. The number of carbonyl (C=O) groups is 2. The number of piperazine rings is 1. The molecular formula is C28H28N4O2. The Balaban J connectivity index is 1.39. The first-order chi connectivity index (χ1) is 16.5. The molecule has 0 unspecified atom stereocenters. The Morgan fingerprint density at radius 1 is 0.941 bits per heavy atom. The van der Waals surface area contributed by atoms with Gasteiger partial charge in [0.15, 0.2) is 0 Å². The standard InChI is InChI=1S/C28H28N4O2/c1-20-8-10-22(11-9-20)27(33)25-7-4-12-32(25)19-21-17-23-5-3-6-24(26(23)29-18-21)28(34)31-15-13-30(2)14-16-31/h3-12,17-18H,13-16,19H2,1-2H3. The predicted octanol–water partition coefficient (Wildman–Crippen LogP) is 4.01. The topological polar surface area (TPSA) is 58.4 Å². The number of nitrogens with zero attached hydrogens (tertiary/aromatic N) is 4. The van der Waals surface area contributed by atoms with E-state index in [1.165, 1.54) is 0 Å². The molecule has 1 aliphatic rings. The summed E-state index contributed by atoms with van der Waals surface area (Å²) < 4.78 is 1.95. The van der Waals surface area contributed by atoms with E-state index >= 15 is 0 Å². The van der Waals surface area contributed by atoms with Crippen molar-refractivity contribution in [2.24, 2.45) is 0 Å². The summed E-state index contributed by atoms with van der Waals surface area (Å²) in [5.74, 6) is 0.0362. The fourth-order valence-electron chi connectivity index (χ4n) is 4.45. The first-order valence-electron chi connectivity index (χ1n) is 11.6. The Bertz CT molecular complexity index is 1350. The molecule has 1 fully saturated rings. The molecule has 0 N–H and O–H groups in total. The van der Waals surface area contributed by atoms with Crippen LogP contribution in [-0.4, -0.2) is 64.3 Å². The Kier molecular flexibility index (Phi) is 5.99. The molecule has 4 aromatic rings. The Morgan fingerprint density at radius 3 is 2.47 bits per heavy atom. The highest BCUT2D eigenvalue weighted by Crippen LogP contribution is 2.21. The quantitative estimate of drug-likeness (QED) is 0.430. The summed E-state index contributed by atoms with van der Waals surface area (Å²) in [5.41, 5.74) is 4.78. The van der Waals surface area contributed by atoms with E-state index in [0.717, 1.165) is 48.2 Å². The van der Waals surface area contributed by atoms with Crippen LogP contribution in [0.3, 0.4) is 0 Å². The maximum Gasteiger partial charge on any atom is 0.256 e. The molecular weight excluding hydrogens is 424 g/mol. The Hall–Kier alpha value is -3.77. The lowest BCUT2D eigenvalue weighted by Gasteiger charge is -2.32. The number of benzene rings is 2. The fraction of sp³-hybridized carbons (Fsp3) is 0.250. The molecule has 0 aliphatic carbocycles. The summed E-state index contributed by atoms with van der Waals surface area (Å²) in [6.45, 7) is 5.76. The highest BCUT2D eigenvalue weighted by molar-refractivity contribution is 6.08. The molecule has 6 nitrogen and oxygen atoms in total. The van der Waals surface area contributed by atoms with Gasteiger partial charge in [-0.3, -0.25) is 14.6 Å². The fourth-order valence-corrected chi connectivity index (χ4v) is 4.45. The van der Waals surface area contributed by atoms with Gasteiger partial charge in [0.05, 0.1) is 16.8 Å². The molecule has 3 heterocycles. The van der Waals surface area contributed by atoms with E-state index < -0.39 is 0 Å². The van der Waals surface area contributed by atoms with E-state index in [0.29, 0.717) is 23.4 Å². The highest BCUT2D eigenvalue weighted by atomic mass is 16.2. The number of hydrogen-bond donors (Lipinski definition) is 0. The number of aryl methyl sites for hydroxylation is 1. The van der Waals surface area contributed by atoms with E-state index in [1.807, 2.05) is 83.4 Å². The van der Waals surface area contributed by atoms with Gasteiger partial charge >= 0.3 is 0 Å². The molecule has 0 bridgehead atoms. The van der Waals surface area contributed by atoms with E-state index in [4.69, 9.17) is 0 Å². The van der Waals surface area contributed by atoms with Crippen LogP contribution in [0.4, 0.5) is 0 Å². The number of likely N-dealkylation sites (N-methyl/N-ethyl adjacent to an activating group) is 1. The maximum atomic E-state index is 13.2. The van der Waals surface area contributed by atoms with Gasteiger partial charge < -0.3 is 14.4 Å². The van der Waals surface area contributed by atoms with Crippen molar-refractivity contribution in [1.29, 1.82) is 0 Å². The number of amides is 1. The smallest absolute Gasteiger partial charge is 0.256 e. The SMILES string of the molecule is Cc1ccc(C(=O)c2cccn2Cc2cnc3c(C(=O)N4CCN(C)CC4)cccc3c2)cc1. The van der Waals surface area contributed by atoms with Crippen molar-refractivity contribution in [2.75, 3.05) is 33.2 Å². The summed E-state index contributed by atoms with van der Waals surface area (Å²) in [6, 6.07) is 19.2. The largest absolute Gasteiger partial charge is 0.340 e. The van der Waals surface area contributed by atoms with Gasteiger partial charge in [0.2, 0.25) is 5.78 Å². The molecule has 1 amide bonds. The van der Waals surface area contributed by atoms with Crippen LogP contribution in [0, 0.1) is 6.92 Å². The van der Waals surface area contributed by atoms with E-state index in [9.17, 15) is 9.59 Å². The zero-order valence-corrected chi connectivity index (χ0v) is 19.6. The molecule has 2 aromatic heterocycles. The normalized spacial score (nSPS) is 14.5. The van der Waals surface area contributed by atoms with Crippen LogP contribution in [0.5, 0.6) is 0 Å². The number of fused-ring (bicyclic) bond motifs is 1. The second-order valence-electron chi connectivity index (χ2n) is 9.03. The van der Waals surface area contributed by atoms with Crippen molar-refractivity contribution >= 4 is 22.6 Å². The molecule has 0 atom stereocenters. The predicted molar refractivity (Wildman–Crippen MR) is 133 cm³/mol. The monoisotopic (exact) mass is 452 g/mol. The van der Waals surface area contributed by atoms with Gasteiger partial charge in [-0.15, -0.1) is 0 Å². The zero-order chi connectivity index (χ0) is 23.7. The maximum absolute atomic E-state index is 13.2. The van der Waals surface area contributed by atoms with Crippen LogP contribution >= 0.6 is 0 Å². The van der Waals surface area contributed by atoms with Crippen LogP contribution in [0.15, 0.2) is 73.1 Å². The molecule has 0 saturated carbocycles. The van der Waals surface area contributed by atoms with Crippen molar-refractivity contribution in [3.05, 3.63) is 101 Å². The van der Waals surface area contributed by atoms with Crippen LogP contribution in [0.1, 0.15) is 37.5 Å². The number of pyridine rings is 1. The third-order valence-corrected chi connectivity index (χ3v) is 6.52. The number of carbonyl (C=O) groups excluding carboxylic acids is 2. The Morgan fingerprint density at radius 2 is 1.71 bits per heavy atom. The van der Waals surface area contributed by atoms with E-state index in [2.05, 4.69) is 23.0 Å². The molecule has 2 aromatic carbocycles. The van der Waals surface area contributed by atoms with Crippen molar-refractivity contribution in [2.45, 2.75) is 13.5 Å². The minimum atomic E-state index is -0.00110. The summed E-state index contributed by atoms with van der Waals surface area (Å²) in [7, 11) is 2.08. The summed E-state index contributed by atoms with van der Waals surface area (Å²) in [4.78, 5) is 35.0. The number of rotatable bonds is 5. The van der Waals surface area contributed by atoms with Gasteiger partial charge in [0.25, 0.3) is 5.91 Å². The van der Waals surface area contributed by atoms with Crippen molar-refractivity contribution < 1.29 is 9.59 Å². The highest BCUT2D eigenvalue weighted by Gasteiger charge is 2.22. The molecule has 1 aliphatic heterocycles. The average molecular weight is 453 g/mol. The molecule has 5 rings (SSSR count). The summed E-state index contributed by atoms with van der Waals surface area (Å²) in [5, 5.41) is 0.927. The van der Waals surface area contributed by atoms with Gasteiger partial charge in [-0.1, -0.05) is 42.0 Å².